The van der Waals surface area contributed by atoms with Gasteiger partial charge in [0, 0.05) is 74.9 Å². The molecule has 12 rings (SSSR count). The van der Waals surface area contributed by atoms with E-state index in [1.807, 2.05) is 120 Å². The number of cyclic esters (lactones) is 2. The number of para-hydroxylation sites is 1. The zero-order chi connectivity index (χ0) is 107. The first-order chi connectivity index (χ1) is 66.7. The van der Waals surface area contributed by atoms with E-state index in [0.29, 0.717) is 62.1 Å². The van der Waals surface area contributed by atoms with Gasteiger partial charge in [0.2, 0.25) is 42.2 Å². The summed E-state index contributed by atoms with van der Waals surface area (Å²) in [4.78, 5) is 120. The van der Waals surface area contributed by atoms with Crippen molar-refractivity contribution in [2.75, 3.05) is 59.2 Å². The predicted molar refractivity (Wildman–Crippen MR) is 538 cm³/mol. The lowest BCUT2D eigenvalue weighted by Crippen LogP contribution is -2.33. The maximum absolute atomic E-state index is 13.0. The fourth-order valence-corrected chi connectivity index (χ4v) is 17.2. The highest BCUT2D eigenvalue weighted by Crippen LogP contribution is 2.42. The number of likely N-dealkylation sites (tertiary alicyclic amines) is 1. The maximum Gasteiger partial charge on any atom is 0.391 e. The van der Waals surface area contributed by atoms with Gasteiger partial charge in [-0.1, -0.05) is 280 Å². The Morgan fingerprint density at radius 1 is 0.511 bits per heavy atom. The number of ether oxygens (including phenoxy) is 4. The fraction of sp³-hybridized carbons (Fsp3) is 0.487. The Labute approximate surface area is 829 Å². The van der Waals surface area contributed by atoms with Crippen LogP contribution < -0.4 is 19.9 Å². The molecule has 0 aliphatic carbocycles. The fourth-order valence-electron chi connectivity index (χ4n) is 17.2. The van der Waals surface area contributed by atoms with Crippen molar-refractivity contribution in [1.29, 1.82) is 5.26 Å². The van der Waals surface area contributed by atoms with Gasteiger partial charge in [-0.2, -0.15) is 23.3 Å². The van der Waals surface area contributed by atoms with Crippen molar-refractivity contribution in [2.24, 2.45) is 70.5 Å². The first kappa shape index (κ1) is 123. The number of hydrogen-bond acceptors (Lipinski definition) is 17. The van der Waals surface area contributed by atoms with Crippen LogP contribution in [0.4, 0.5) is 47.2 Å². The number of fused-ring (bicyclic) bond motifs is 1. The zero-order valence-electron chi connectivity index (χ0n) is 86.4. The predicted octanol–water partition coefficient (Wildman–Crippen LogP) is 26.1. The minimum Gasteiger partial charge on any atom is -0.469 e. The van der Waals surface area contributed by atoms with E-state index >= 15 is 0 Å². The summed E-state index contributed by atoms with van der Waals surface area (Å²) in [6.07, 6.45) is 7.30. The Balaban J connectivity index is 0.000000423. The molecule has 1 N–H and O–H groups in total. The molecule has 0 aromatic heterocycles. The Hall–Kier alpha value is -12.0. The van der Waals surface area contributed by atoms with Gasteiger partial charge in [-0.25, -0.2) is 4.89 Å². The smallest absolute Gasteiger partial charge is 0.391 e. The van der Waals surface area contributed by atoms with E-state index in [1.54, 1.807) is 53.7 Å². The summed E-state index contributed by atoms with van der Waals surface area (Å²) in [7, 11) is 8.21. The number of esters is 3. The number of amides is 6. The molecule has 4 heterocycles. The van der Waals surface area contributed by atoms with Gasteiger partial charge in [-0.05, 0) is 212 Å². The number of carbonyl (C=O) groups is 9. The third kappa shape index (κ3) is 37.8. The molecule has 6 amide bonds. The molecule has 770 valence electrons. The summed E-state index contributed by atoms with van der Waals surface area (Å²) in [5, 5.41) is 13.9. The molecule has 8 aromatic carbocycles. The van der Waals surface area contributed by atoms with E-state index in [1.165, 1.54) is 87.9 Å². The molecule has 8 aromatic rings. The number of benzene rings is 8. The Kier molecular flexibility index (Phi) is 53.3. The van der Waals surface area contributed by atoms with Crippen LogP contribution in [0.2, 0.25) is 0 Å². The third-order valence-corrected chi connectivity index (χ3v) is 26.8. The molecule has 0 radical (unpaired) electrons. The van der Waals surface area contributed by atoms with Gasteiger partial charge in [-0.15, -0.1) is 0 Å². The molecule has 141 heavy (non-hydrogen) atoms. The van der Waals surface area contributed by atoms with Crippen LogP contribution in [0.25, 0.3) is 10.8 Å². The summed E-state index contributed by atoms with van der Waals surface area (Å²) >= 11 is 0. The Bertz CT molecular complexity index is 5230. The monoisotopic (exact) mass is 1970 g/mol. The summed E-state index contributed by atoms with van der Waals surface area (Å²) in [6.45, 7) is 36.7. The molecule has 4 aliphatic rings. The quantitative estimate of drug-likeness (QED) is 0.00419. The maximum atomic E-state index is 13.0. The number of methoxy groups -OCH3 is 2. The van der Waals surface area contributed by atoms with Gasteiger partial charge in [0.1, 0.15) is 5.75 Å². The number of nitriles is 1. The molecule has 4 saturated heterocycles. The number of hydrogen-bond donors (Lipinski definition) is 1. The lowest BCUT2D eigenvalue weighted by atomic mass is 9.78. The second-order valence-electron chi connectivity index (χ2n) is 38.5. The van der Waals surface area contributed by atoms with Crippen molar-refractivity contribution in [3.05, 3.63) is 245 Å². The topological polar surface area (TPSA) is 255 Å². The van der Waals surface area contributed by atoms with E-state index in [0.717, 1.165) is 24.6 Å². The van der Waals surface area contributed by atoms with E-state index in [2.05, 4.69) is 213 Å². The number of nitrogens with zero attached hydrogens (tertiary/aromatic N) is 4. The Morgan fingerprint density at radius 3 is 1.40 bits per heavy atom. The van der Waals surface area contributed by atoms with Crippen molar-refractivity contribution >= 4 is 75.5 Å². The molecular weight excluding hydrogens is 1820 g/mol. The van der Waals surface area contributed by atoms with Gasteiger partial charge in [0.05, 0.1) is 80.2 Å². The zero-order valence-corrected chi connectivity index (χ0v) is 86.4. The van der Waals surface area contributed by atoms with Crippen LogP contribution in [0.5, 0.6) is 5.75 Å². The van der Waals surface area contributed by atoms with E-state index in [4.69, 9.17) is 39.5 Å². The van der Waals surface area contributed by atoms with Crippen LogP contribution in [0.1, 0.15) is 257 Å². The van der Waals surface area contributed by atoms with Gasteiger partial charge in [0.25, 0.3) is 0 Å². The molecule has 0 saturated carbocycles. The van der Waals surface area contributed by atoms with Crippen LogP contribution in [0, 0.1) is 94.3 Å². The van der Waals surface area contributed by atoms with Crippen molar-refractivity contribution in [3.63, 3.8) is 0 Å². The lowest BCUT2D eigenvalue weighted by molar-refractivity contribution is -0.303. The minimum atomic E-state index is -4.22. The molecular formula is C113H147F8N5O15. The highest BCUT2D eigenvalue weighted by Gasteiger charge is 2.48. The molecule has 18 unspecified atom stereocenters. The van der Waals surface area contributed by atoms with E-state index in [9.17, 15) is 60.7 Å². The number of rotatable bonds is 30. The van der Waals surface area contributed by atoms with Crippen molar-refractivity contribution < 1.29 is 108 Å². The number of alkyl halides is 4. The largest absolute Gasteiger partial charge is 0.469 e. The number of nitrogens with one attached hydrogen (secondary N) is 1. The average Bonchev–Trinajstić information content (AvgIpc) is 1.64. The third-order valence-electron chi connectivity index (χ3n) is 26.8. The molecule has 20 nitrogen and oxygen atoms in total. The summed E-state index contributed by atoms with van der Waals surface area (Å²) in [5.74, 6) is -2.98. The molecule has 18 atom stereocenters. The van der Waals surface area contributed by atoms with Crippen LogP contribution in [-0.2, 0) is 72.6 Å². The number of imide groups is 3. The molecule has 4 aliphatic heterocycles. The minimum absolute atomic E-state index is 0.0192. The molecule has 4 fully saturated rings. The highest BCUT2D eigenvalue weighted by molar-refractivity contribution is 6.22. The summed E-state index contributed by atoms with van der Waals surface area (Å²) in [5.41, 5.74) is 9.95. The molecule has 28 heteroatoms. The van der Waals surface area contributed by atoms with Crippen LogP contribution in [0.3, 0.4) is 0 Å². The van der Waals surface area contributed by atoms with Gasteiger partial charge in [-0.3, -0.25) is 62.7 Å². The van der Waals surface area contributed by atoms with Crippen molar-refractivity contribution in [1.82, 2.24) is 10.2 Å². The summed E-state index contributed by atoms with van der Waals surface area (Å²) in [6, 6.07) is 74.6. The lowest BCUT2D eigenvalue weighted by Gasteiger charge is -2.29. The van der Waals surface area contributed by atoms with Gasteiger partial charge >= 0.3 is 24.1 Å². The SMILES string of the molecule is C#CN(C)c1ccc(C(C)CCC(C)c2ccccc2)cc1.CC(C#N)CC(C)c1cccc2ccccc12.CC(CC1C(=O)N(c2ccccc2)C(=O)C1C)c1ccc(C(C)(C)C)cc1.CC(CC1C(=O)OC(=O)C1C)c1ccccc1.CF.COC(=O)C(C)(C)CC(C)C(C)C(F)(F)F.COC(C)CC1C(=O)N(C)C(=O)C1C.COOCOc1ccc(C(C)CC2C(=O)NC(=O)C2C)cc1.FF.FF. The van der Waals surface area contributed by atoms with Gasteiger partial charge < -0.3 is 23.8 Å². The highest BCUT2D eigenvalue weighted by atomic mass is 20.0. The number of carbonyl (C=O) groups excluding carboxylic acids is 9. The van der Waals surface area contributed by atoms with Crippen molar-refractivity contribution in [3.8, 4) is 24.3 Å². The van der Waals surface area contributed by atoms with Crippen LogP contribution in [-0.4, -0.2) is 120 Å². The Morgan fingerprint density at radius 2 is 0.957 bits per heavy atom. The van der Waals surface area contributed by atoms with Crippen molar-refractivity contribution in [2.45, 2.75) is 236 Å². The van der Waals surface area contributed by atoms with Gasteiger partial charge in [0.15, 0.2) is 0 Å². The normalized spacial score (nSPS) is 19.5. The first-order valence-corrected chi connectivity index (χ1v) is 47.6. The number of terminal acetylenes is 1. The van der Waals surface area contributed by atoms with Crippen LogP contribution in [0.15, 0.2) is 206 Å². The second kappa shape index (κ2) is 61.0. The number of halogens is 8. The summed E-state index contributed by atoms with van der Waals surface area (Å²) < 4.78 is 98.4. The van der Waals surface area contributed by atoms with E-state index in [-0.39, 0.29) is 143 Å². The molecule has 0 spiro atoms. The first-order valence-electron chi connectivity index (χ1n) is 47.6. The average molecular weight is 1970 g/mol. The molecule has 0 bridgehead atoms. The standard InChI is InChI=1S/C24H29NO2.C21H25N.C16H21NO5.C16H17N.C14H16O3.C11H19F3O2.C10H17NO3.CH3F.2F2/c1-16(18-11-13-19(14-12-18)24(3,4)5)15-21-17(2)22(26)25(23(21)27)20-9-7-6-8-10-20;1-5-22(4)21-15-13-20(14-16-21)18(3)12-11-17(2)19-9-7-6-8-10-19;1-10(8-14-11(2)15(18)17-16(14)19)12-4-6-13(7-5-12)21-9-22-20-3;1-12(11-17)10-13(2)15-9-5-7-14-6-3-4-8-16(14)15;1-9(11-6-4-3-5-7-11)8-12-10(2)13(15)17-14(12)16;1-7(8(2)11(12,13)14)6-10(3,4)9(15)16-5;1-6(14-4)5-8-7(2)9(12)11(3)10(8)13;3*1-2/h6-14,16-17,21H,15H2,1-5H3;1,6-10,13-18H,11-12H2,2-4H3;4-7,10-11,14H,8-9H2,1-3H3,(H,17,18,19);3-9,12-13H,10H2,1-2H3;3-7,9-10,12H,8H2,1-2H3;7-8H,6H2,1-5H3;6-8H,5H2,1-4H3;1H3;;. The second-order valence-corrected chi connectivity index (χ2v) is 38.5. The van der Waals surface area contributed by atoms with E-state index < -0.39 is 29.4 Å². The van der Waals surface area contributed by atoms with Crippen LogP contribution >= 0.6 is 0 Å². The number of anilines is 2.